The van der Waals surface area contributed by atoms with Crippen molar-refractivity contribution in [3.05, 3.63) is 16.4 Å². The molecule has 0 fully saturated rings. The number of nitrogens with zero attached hydrogens (tertiary/aromatic N) is 4. The maximum absolute atomic E-state index is 11.6. The number of hydrogen-bond acceptors (Lipinski definition) is 6. The number of aromatic nitrogens is 2. The molecule has 7 nitrogen and oxygen atoms in total. The van der Waals surface area contributed by atoms with Gasteiger partial charge in [-0.25, -0.2) is 9.97 Å². The predicted molar refractivity (Wildman–Crippen MR) is 94.0 cm³/mol. The van der Waals surface area contributed by atoms with Gasteiger partial charge < -0.3 is 10.2 Å². The van der Waals surface area contributed by atoms with Crippen LogP contribution in [0.15, 0.2) is 6.33 Å². The summed E-state index contributed by atoms with van der Waals surface area (Å²) in [6.45, 7) is 13.8. The average Bonchev–Trinajstić information content (AvgIpc) is 2.44. The molecule has 1 rings (SSSR count). The fourth-order valence-electron chi connectivity index (χ4n) is 2.34. The molecule has 1 N–H and O–H groups in total. The largest absolute Gasteiger partial charge is 0.362 e. The van der Waals surface area contributed by atoms with E-state index in [0.29, 0.717) is 23.5 Å². The van der Waals surface area contributed by atoms with Gasteiger partial charge >= 0.3 is 5.69 Å². The summed E-state index contributed by atoms with van der Waals surface area (Å²) in [6.07, 6.45) is 2.26. The Hall–Kier alpha value is -1.92. The topological polar surface area (TPSA) is 84.2 Å². The summed E-state index contributed by atoms with van der Waals surface area (Å²) in [7, 11) is 0. The lowest BCUT2D eigenvalue weighted by Crippen LogP contribution is -2.33. The SMILES string of the molecule is CCC(C)Nc1ncnc(N(CC(C)C)CC(C)C)c1[N+](=O)[O-]. The summed E-state index contributed by atoms with van der Waals surface area (Å²) in [5.74, 6) is 1.47. The van der Waals surface area contributed by atoms with E-state index >= 15 is 0 Å². The summed E-state index contributed by atoms with van der Waals surface area (Å²) in [5, 5.41) is 14.8. The molecule has 0 spiro atoms. The van der Waals surface area contributed by atoms with Crippen molar-refractivity contribution in [2.45, 2.75) is 54.0 Å². The molecule has 1 heterocycles. The van der Waals surface area contributed by atoms with Gasteiger partial charge in [0.05, 0.1) is 4.92 Å². The number of rotatable bonds is 9. The van der Waals surface area contributed by atoms with Gasteiger partial charge in [0.25, 0.3) is 0 Å². The van der Waals surface area contributed by atoms with Crippen molar-refractivity contribution in [2.24, 2.45) is 11.8 Å². The molecule has 0 radical (unpaired) electrons. The van der Waals surface area contributed by atoms with Gasteiger partial charge in [-0.3, -0.25) is 10.1 Å². The standard InChI is InChI=1S/C16H29N5O2/c1-7-13(6)19-15-14(21(22)23)16(18-10-17-15)20(8-11(2)3)9-12(4)5/h10-13H,7-9H2,1-6H3,(H,17,18,19). The molecule has 1 aromatic heterocycles. The van der Waals surface area contributed by atoms with Crippen LogP contribution in [0.25, 0.3) is 0 Å². The monoisotopic (exact) mass is 323 g/mol. The van der Waals surface area contributed by atoms with Crippen LogP contribution in [0.2, 0.25) is 0 Å². The second-order valence-electron chi connectivity index (χ2n) is 6.80. The zero-order chi connectivity index (χ0) is 17.6. The molecule has 0 saturated carbocycles. The molecule has 0 aliphatic rings. The molecule has 0 bridgehead atoms. The van der Waals surface area contributed by atoms with Gasteiger partial charge in [0.15, 0.2) is 0 Å². The minimum absolute atomic E-state index is 0.0332. The molecule has 0 amide bonds. The van der Waals surface area contributed by atoms with Crippen LogP contribution in [-0.2, 0) is 0 Å². The van der Waals surface area contributed by atoms with Crippen LogP contribution in [-0.4, -0.2) is 34.0 Å². The van der Waals surface area contributed by atoms with E-state index in [4.69, 9.17) is 0 Å². The van der Waals surface area contributed by atoms with E-state index in [9.17, 15) is 10.1 Å². The van der Waals surface area contributed by atoms with Crippen LogP contribution in [0, 0.1) is 22.0 Å². The smallest absolute Gasteiger partial charge is 0.353 e. The van der Waals surface area contributed by atoms with Crippen LogP contribution in [0.1, 0.15) is 48.0 Å². The average molecular weight is 323 g/mol. The predicted octanol–water partition coefficient (Wildman–Crippen LogP) is 3.71. The third kappa shape index (κ3) is 5.65. The Kier molecular flexibility index (Phi) is 7.19. The first-order chi connectivity index (χ1) is 10.8. The van der Waals surface area contributed by atoms with Gasteiger partial charge in [-0.2, -0.15) is 0 Å². The minimum Gasteiger partial charge on any atom is -0.362 e. The maximum Gasteiger partial charge on any atom is 0.353 e. The molecule has 7 heteroatoms. The highest BCUT2D eigenvalue weighted by Gasteiger charge is 2.28. The highest BCUT2D eigenvalue weighted by Crippen LogP contribution is 2.33. The van der Waals surface area contributed by atoms with Crippen LogP contribution in [0.3, 0.4) is 0 Å². The molecular weight excluding hydrogens is 294 g/mol. The molecule has 1 aromatic rings. The van der Waals surface area contributed by atoms with E-state index in [2.05, 4.69) is 43.0 Å². The second kappa shape index (κ2) is 8.64. The normalized spacial score (nSPS) is 12.5. The molecule has 23 heavy (non-hydrogen) atoms. The van der Waals surface area contributed by atoms with E-state index in [-0.39, 0.29) is 16.7 Å². The summed E-state index contributed by atoms with van der Waals surface area (Å²) in [6, 6.07) is 0.111. The molecule has 0 aromatic carbocycles. The van der Waals surface area contributed by atoms with Gasteiger partial charge in [0.1, 0.15) is 6.33 Å². The second-order valence-corrected chi connectivity index (χ2v) is 6.80. The molecule has 1 atom stereocenters. The highest BCUT2D eigenvalue weighted by molar-refractivity contribution is 5.70. The Morgan fingerprint density at radius 1 is 1.17 bits per heavy atom. The summed E-state index contributed by atoms with van der Waals surface area (Å²) in [4.78, 5) is 21.6. The molecule has 1 unspecified atom stereocenters. The van der Waals surface area contributed by atoms with Crippen LogP contribution >= 0.6 is 0 Å². The third-order valence-electron chi connectivity index (χ3n) is 3.45. The van der Waals surface area contributed by atoms with Crippen molar-refractivity contribution < 1.29 is 4.92 Å². The van der Waals surface area contributed by atoms with Crippen LogP contribution < -0.4 is 10.2 Å². The Morgan fingerprint density at radius 2 is 1.74 bits per heavy atom. The van der Waals surface area contributed by atoms with Crippen molar-refractivity contribution in [1.82, 2.24) is 9.97 Å². The first kappa shape index (κ1) is 19.1. The lowest BCUT2D eigenvalue weighted by atomic mass is 10.1. The highest BCUT2D eigenvalue weighted by atomic mass is 16.6. The van der Waals surface area contributed by atoms with Crippen molar-refractivity contribution in [2.75, 3.05) is 23.3 Å². The molecular formula is C16H29N5O2. The molecule has 0 saturated heterocycles. The molecule has 0 aliphatic carbocycles. The van der Waals surface area contributed by atoms with Gasteiger partial charge in [-0.1, -0.05) is 34.6 Å². The molecule has 130 valence electrons. The van der Waals surface area contributed by atoms with Gasteiger partial charge in [-0.05, 0) is 25.2 Å². The zero-order valence-electron chi connectivity index (χ0n) is 15.0. The van der Waals surface area contributed by atoms with Gasteiger partial charge in [-0.15, -0.1) is 0 Å². The Bertz CT molecular complexity index is 509. The number of anilines is 2. The third-order valence-corrected chi connectivity index (χ3v) is 3.45. The number of hydrogen-bond donors (Lipinski definition) is 1. The maximum atomic E-state index is 11.6. The summed E-state index contributed by atoms with van der Waals surface area (Å²) in [5.41, 5.74) is -0.0332. The Balaban J connectivity index is 3.30. The Labute approximate surface area is 138 Å². The lowest BCUT2D eigenvalue weighted by molar-refractivity contribution is -0.383. The quantitative estimate of drug-likeness (QED) is 0.551. The van der Waals surface area contributed by atoms with Gasteiger partial charge in [0, 0.05) is 19.1 Å². The first-order valence-electron chi connectivity index (χ1n) is 8.27. The number of nitrogens with one attached hydrogen (secondary N) is 1. The van der Waals surface area contributed by atoms with Crippen molar-refractivity contribution in [3.8, 4) is 0 Å². The van der Waals surface area contributed by atoms with E-state index < -0.39 is 0 Å². The van der Waals surface area contributed by atoms with Gasteiger partial charge in [0.2, 0.25) is 11.6 Å². The van der Waals surface area contributed by atoms with Crippen molar-refractivity contribution in [1.29, 1.82) is 0 Å². The zero-order valence-corrected chi connectivity index (χ0v) is 15.0. The van der Waals surface area contributed by atoms with Crippen LogP contribution in [0.5, 0.6) is 0 Å². The lowest BCUT2D eigenvalue weighted by Gasteiger charge is -2.27. The minimum atomic E-state index is -0.381. The van der Waals surface area contributed by atoms with Crippen molar-refractivity contribution in [3.63, 3.8) is 0 Å². The summed E-state index contributed by atoms with van der Waals surface area (Å²) >= 11 is 0. The first-order valence-corrected chi connectivity index (χ1v) is 8.27. The van der Waals surface area contributed by atoms with E-state index in [0.717, 1.165) is 19.5 Å². The molecule has 0 aliphatic heterocycles. The van der Waals surface area contributed by atoms with E-state index in [1.807, 2.05) is 18.7 Å². The van der Waals surface area contributed by atoms with Crippen LogP contribution in [0.4, 0.5) is 17.3 Å². The fraction of sp³-hybridized carbons (Fsp3) is 0.750. The van der Waals surface area contributed by atoms with E-state index in [1.54, 1.807) is 0 Å². The fourth-order valence-corrected chi connectivity index (χ4v) is 2.34. The summed E-state index contributed by atoms with van der Waals surface area (Å²) < 4.78 is 0. The van der Waals surface area contributed by atoms with E-state index in [1.165, 1.54) is 6.33 Å². The Morgan fingerprint density at radius 3 is 2.17 bits per heavy atom. The number of nitro groups is 1. The van der Waals surface area contributed by atoms with Crippen molar-refractivity contribution >= 4 is 17.3 Å².